The van der Waals surface area contributed by atoms with Gasteiger partial charge in [0.25, 0.3) is 0 Å². The highest BCUT2D eigenvalue weighted by Crippen LogP contribution is 2.26. The summed E-state index contributed by atoms with van der Waals surface area (Å²) in [5.74, 6) is 0.875. The Bertz CT molecular complexity index is 517. The minimum absolute atomic E-state index is 0.218. The van der Waals surface area contributed by atoms with Crippen LogP contribution in [0.4, 0.5) is 0 Å². The molecule has 0 amide bonds. The molecule has 1 aromatic carbocycles. The topological polar surface area (TPSA) is 43.1 Å². The Morgan fingerprint density at radius 2 is 2.20 bits per heavy atom. The third-order valence-corrected chi connectivity index (χ3v) is 2.47. The summed E-state index contributed by atoms with van der Waals surface area (Å²) in [5.41, 5.74) is 1.72. The van der Waals surface area contributed by atoms with E-state index in [1.54, 1.807) is 12.1 Å². The second kappa shape index (κ2) is 3.66. The first-order valence-corrected chi connectivity index (χ1v) is 5.04. The Balaban J connectivity index is 2.66. The normalized spacial score (nSPS) is 11.2. The summed E-state index contributed by atoms with van der Waals surface area (Å²) < 4.78 is 5.50. The van der Waals surface area contributed by atoms with E-state index in [9.17, 15) is 4.79 Å². The minimum atomic E-state index is 0.218. The standard InChI is InChI=1S/C11H10ClNO2/c1-6(2)11-13-9-4-8(12)7(5-14)3-10(9)15-11/h3-6H,1-2H3. The largest absolute Gasteiger partial charge is 0.440 e. The number of benzene rings is 1. The molecule has 2 rings (SSSR count). The molecule has 0 spiro atoms. The number of hydrogen-bond acceptors (Lipinski definition) is 3. The van der Waals surface area contributed by atoms with E-state index in [1.807, 2.05) is 13.8 Å². The maximum absolute atomic E-state index is 10.7. The Labute approximate surface area is 92.1 Å². The first-order chi connectivity index (χ1) is 7.11. The number of oxazole rings is 1. The van der Waals surface area contributed by atoms with E-state index in [2.05, 4.69) is 4.98 Å². The summed E-state index contributed by atoms with van der Waals surface area (Å²) in [5, 5.41) is 0.404. The lowest BCUT2D eigenvalue weighted by Gasteiger charge is -1.94. The predicted molar refractivity (Wildman–Crippen MR) is 58.5 cm³/mol. The van der Waals surface area contributed by atoms with E-state index in [0.717, 1.165) is 0 Å². The van der Waals surface area contributed by atoms with Crippen molar-refractivity contribution < 1.29 is 9.21 Å². The van der Waals surface area contributed by atoms with Crippen molar-refractivity contribution in [1.29, 1.82) is 0 Å². The van der Waals surface area contributed by atoms with Crippen molar-refractivity contribution in [2.45, 2.75) is 19.8 Å². The molecule has 0 aliphatic heterocycles. The van der Waals surface area contributed by atoms with E-state index in [0.29, 0.717) is 33.9 Å². The van der Waals surface area contributed by atoms with Gasteiger partial charge in [0.2, 0.25) is 0 Å². The maximum atomic E-state index is 10.7. The van der Waals surface area contributed by atoms with Gasteiger partial charge < -0.3 is 4.42 Å². The molecule has 0 aliphatic carbocycles. The quantitative estimate of drug-likeness (QED) is 0.733. The van der Waals surface area contributed by atoms with Crippen LogP contribution >= 0.6 is 11.6 Å². The molecule has 0 bridgehead atoms. The summed E-state index contributed by atoms with van der Waals surface area (Å²) in [6.07, 6.45) is 0.708. The highest BCUT2D eigenvalue weighted by Gasteiger charge is 2.11. The molecule has 2 aromatic rings. The average molecular weight is 224 g/mol. The van der Waals surface area contributed by atoms with Gasteiger partial charge in [0.15, 0.2) is 17.8 Å². The van der Waals surface area contributed by atoms with Gasteiger partial charge >= 0.3 is 0 Å². The number of rotatable bonds is 2. The van der Waals surface area contributed by atoms with Crippen LogP contribution in [0.2, 0.25) is 5.02 Å². The fraction of sp³-hybridized carbons (Fsp3) is 0.273. The molecule has 0 saturated heterocycles. The van der Waals surface area contributed by atoms with Crippen LogP contribution in [0.3, 0.4) is 0 Å². The summed E-state index contributed by atoms with van der Waals surface area (Å²) in [4.78, 5) is 14.9. The average Bonchev–Trinajstić information content (AvgIpc) is 2.59. The zero-order valence-corrected chi connectivity index (χ0v) is 9.21. The summed E-state index contributed by atoms with van der Waals surface area (Å²) in [6, 6.07) is 3.26. The summed E-state index contributed by atoms with van der Waals surface area (Å²) in [6.45, 7) is 3.99. The van der Waals surface area contributed by atoms with Gasteiger partial charge in [-0.2, -0.15) is 0 Å². The van der Waals surface area contributed by atoms with Gasteiger partial charge in [0, 0.05) is 11.5 Å². The van der Waals surface area contributed by atoms with E-state index in [1.165, 1.54) is 0 Å². The van der Waals surface area contributed by atoms with Crippen LogP contribution in [-0.2, 0) is 0 Å². The number of halogens is 1. The Morgan fingerprint density at radius 3 is 2.80 bits per heavy atom. The van der Waals surface area contributed by atoms with Crippen LogP contribution < -0.4 is 0 Å². The summed E-state index contributed by atoms with van der Waals surface area (Å²) >= 11 is 5.88. The number of aromatic nitrogens is 1. The zero-order chi connectivity index (χ0) is 11.0. The zero-order valence-electron chi connectivity index (χ0n) is 8.45. The van der Waals surface area contributed by atoms with E-state index in [-0.39, 0.29) is 5.92 Å². The molecule has 0 aliphatic rings. The highest BCUT2D eigenvalue weighted by atomic mass is 35.5. The molecule has 0 fully saturated rings. The van der Waals surface area contributed by atoms with Gasteiger partial charge in [-0.1, -0.05) is 25.4 Å². The maximum Gasteiger partial charge on any atom is 0.198 e. The van der Waals surface area contributed by atoms with Crippen molar-refractivity contribution in [1.82, 2.24) is 4.98 Å². The number of fused-ring (bicyclic) bond motifs is 1. The first-order valence-electron chi connectivity index (χ1n) is 4.67. The molecular formula is C11H10ClNO2. The third-order valence-electron chi connectivity index (χ3n) is 2.14. The molecular weight excluding hydrogens is 214 g/mol. The second-order valence-electron chi connectivity index (χ2n) is 3.67. The number of hydrogen-bond donors (Lipinski definition) is 0. The molecule has 15 heavy (non-hydrogen) atoms. The van der Waals surface area contributed by atoms with Crippen LogP contribution in [0, 0.1) is 0 Å². The Morgan fingerprint density at radius 1 is 1.47 bits per heavy atom. The molecule has 1 heterocycles. The van der Waals surface area contributed by atoms with Gasteiger partial charge in [-0.25, -0.2) is 4.98 Å². The van der Waals surface area contributed by atoms with Gasteiger partial charge in [-0.05, 0) is 12.1 Å². The molecule has 4 heteroatoms. The molecule has 0 unspecified atom stereocenters. The monoisotopic (exact) mass is 223 g/mol. The SMILES string of the molecule is CC(C)c1nc2cc(Cl)c(C=O)cc2o1. The van der Waals surface area contributed by atoms with Crippen LogP contribution in [-0.4, -0.2) is 11.3 Å². The van der Waals surface area contributed by atoms with Gasteiger partial charge in [-0.15, -0.1) is 0 Å². The lowest BCUT2D eigenvalue weighted by atomic mass is 10.2. The Hall–Kier alpha value is -1.35. The number of carbonyl (C=O) groups is 1. The van der Waals surface area contributed by atoms with Gasteiger partial charge in [-0.3, -0.25) is 4.79 Å². The first kappa shape index (κ1) is 10.2. The molecule has 3 nitrogen and oxygen atoms in total. The lowest BCUT2D eigenvalue weighted by molar-refractivity contribution is 0.112. The molecule has 0 radical (unpaired) electrons. The molecule has 1 aromatic heterocycles. The van der Waals surface area contributed by atoms with Crippen LogP contribution in [0.1, 0.15) is 36.0 Å². The second-order valence-corrected chi connectivity index (χ2v) is 4.07. The van der Waals surface area contributed by atoms with Crippen molar-refractivity contribution >= 4 is 29.0 Å². The van der Waals surface area contributed by atoms with E-state index in [4.69, 9.17) is 16.0 Å². The Kier molecular flexibility index (Phi) is 2.49. The van der Waals surface area contributed by atoms with Crippen LogP contribution in [0.5, 0.6) is 0 Å². The number of nitrogens with zero attached hydrogens (tertiary/aromatic N) is 1. The molecule has 78 valence electrons. The van der Waals surface area contributed by atoms with E-state index < -0.39 is 0 Å². The van der Waals surface area contributed by atoms with E-state index >= 15 is 0 Å². The van der Waals surface area contributed by atoms with Crippen LogP contribution in [0.25, 0.3) is 11.1 Å². The highest BCUT2D eigenvalue weighted by molar-refractivity contribution is 6.33. The summed E-state index contributed by atoms with van der Waals surface area (Å²) in [7, 11) is 0. The molecule has 0 saturated carbocycles. The van der Waals surface area contributed by atoms with Crippen molar-refractivity contribution in [2.24, 2.45) is 0 Å². The van der Waals surface area contributed by atoms with Gasteiger partial charge in [0.05, 0.1) is 5.02 Å². The van der Waals surface area contributed by atoms with Crippen LogP contribution in [0.15, 0.2) is 16.5 Å². The minimum Gasteiger partial charge on any atom is -0.440 e. The van der Waals surface area contributed by atoms with Crippen molar-refractivity contribution in [3.8, 4) is 0 Å². The fourth-order valence-electron chi connectivity index (χ4n) is 1.32. The lowest BCUT2D eigenvalue weighted by Crippen LogP contribution is -1.84. The molecule has 0 atom stereocenters. The van der Waals surface area contributed by atoms with Crippen molar-refractivity contribution in [2.75, 3.05) is 0 Å². The number of aldehydes is 1. The van der Waals surface area contributed by atoms with Gasteiger partial charge in [0.1, 0.15) is 5.52 Å². The van der Waals surface area contributed by atoms with Crippen molar-refractivity contribution in [3.05, 3.63) is 28.6 Å². The predicted octanol–water partition coefficient (Wildman–Crippen LogP) is 3.42. The molecule has 0 N–H and O–H groups in total. The van der Waals surface area contributed by atoms with Crippen molar-refractivity contribution in [3.63, 3.8) is 0 Å². The fourth-order valence-corrected chi connectivity index (χ4v) is 1.52. The number of carbonyl (C=O) groups excluding carboxylic acids is 1. The smallest absolute Gasteiger partial charge is 0.198 e. The third kappa shape index (κ3) is 1.75.